The van der Waals surface area contributed by atoms with Crippen LogP contribution in [0.1, 0.15) is 28.1 Å². The number of rotatable bonds is 10. The Bertz CT molecular complexity index is 1670. The van der Waals surface area contributed by atoms with Crippen LogP contribution in [0.15, 0.2) is 82.8 Å². The first-order valence-corrected chi connectivity index (χ1v) is 14.4. The summed E-state index contributed by atoms with van der Waals surface area (Å²) < 4.78 is 41.2. The van der Waals surface area contributed by atoms with Crippen LogP contribution in [-0.4, -0.2) is 45.9 Å². The van der Waals surface area contributed by atoms with Gasteiger partial charge in [-0.15, -0.1) is 0 Å². The summed E-state index contributed by atoms with van der Waals surface area (Å²) in [5.41, 5.74) is 8.86. The first kappa shape index (κ1) is 29.4. The van der Waals surface area contributed by atoms with E-state index in [0.29, 0.717) is 5.75 Å². The Hall–Kier alpha value is -4.57. The number of aryl methyl sites for hydroxylation is 3. The molecule has 1 aromatic heterocycles. The highest BCUT2D eigenvalue weighted by atomic mass is 32.2. The maximum Gasteiger partial charge on any atom is 0.264 e. The number of hydrazone groups is 1. The lowest BCUT2D eigenvalue weighted by atomic mass is 10.1. The molecule has 0 atom stereocenters. The predicted molar refractivity (Wildman–Crippen MR) is 161 cm³/mol. The second-order valence-electron chi connectivity index (χ2n) is 9.66. The van der Waals surface area contributed by atoms with E-state index in [-0.39, 0.29) is 16.3 Å². The first-order valence-electron chi connectivity index (χ1n) is 12.9. The van der Waals surface area contributed by atoms with Gasteiger partial charge >= 0.3 is 0 Å². The molecular weight excluding hydrogens is 540 g/mol. The minimum atomic E-state index is -4.13. The number of nitrogens with one attached hydrogen (secondary N) is 1. The Morgan fingerprint density at radius 2 is 1.61 bits per heavy atom. The number of anilines is 1. The molecule has 0 unspecified atom stereocenters. The molecule has 1 N–H and O–H groups in total. The summed E-state index contributed by atoms with van der Waals surface area (Å²) in [5, 5.41) is 4.15. The van der Waals surface area contributed by atoms with Crippen molar-refractivity contribution in [2.45, 2.75) is 32.6 Å². The van der Waals surface area contributed by atoms with Crippen molar-refractivity contribution in [3.8, 4) is 17.2 Å². The molecule has 0 fully saturated rings. The van der Waals surface area contributed by atoms with Gasteiger partial charge in [-0.25, -0.2) is 13.8 Å². The van der Waals surface area contributed by atoms with Crippen LogP contribution in [0.2, 0.25) is 0 Å². The van der Waals surface area contributed by atoms with E-state index in [9.17, 15) is 13.2 Å². The van der Waals surface area contributed by atoms with Gasteiger partial charge in [-0.1, -0.05) is 24.3 Å². The topological polar surface area (TPSA) is 102 Å². The van der Waals surface area contributed by atoms with Crippen molar-refractivity contribution in [2.24, 2.45) is 5.10 Å². The van der Waals surface area contributed by atoms with Crippen molar-refractivity contribution >= 4 is 27.8 Å². The molecule has 0 radical (unpaired) electrons. The van der Waals surface area contributed by atoms with Gasteiger partial charge in [0.1, 0.15) is 18.0 Å². The average Bonchev–Trinajstić information content (AvgIpc) is 3.23. The zero-order valence-corrected chi connectivity index (χ0v) is 24.8. The van der Waals surface area contributed by atoms with Gasteiger partial charge in [-0.2, -0.15) is 5.10 Å². The van der Waals surface area contributed by atoms with Crippen LogP contribution < -0.4 is 19.2 Å². The molecule has 1 heterocycles. The lowest BCUT2D eigenvalue weighted by Crippen LogP contribution is -2.39. The summed E-state index contributed by atoms with van der Waals surface area (Å²) in [6.07, 6.45) is 1.56. The lowest BCUT2D eigenvalue weighted by Gasteiger charge is -2.25. The van der Waals surface area contributed by atoms with Crippen molar-refractivity contribution < 1.29 is 22.7 Å². The number of hydrogen-bond donors (Lipinski definition) is 1. The average molecular weight is 575 g/mol. The van der Waals surface area contributed by atoms with Crippen LogP contribution in [0.4, 0.5) is 5.69 Å². The van der Waals surface area contributed by atoms with Gasteiger partial charge < -0.3 is 14.0 Å². The summed E-state index contributed by atoms with van der Waals surface area (Å²) in [5.74, 6) is 0.0934. The molecule has 4 aromatic rings. The summed E-state index contributed by atoms with van der Waals surface area (Å²) in [6, 6.07) is 20.9. The third-order valence-corrected chi connectivity index (χ3v) is 8.38. The zero-order chi connectivity index (χ0) is 29.7. The normalized spacial score (nSPS) is 11.5. The second-order valence-corrected chi connectivity index (χ2v) is 11.5. The van der Waals surface area contributed by atoms with Crippen LogP contribution >= 0.6 is 0 Å². The van der Waals surface area contributed by atoms with E-state index in [2.05, 4.69) is 47.1 Å². The zero-order valence-electron chi connectivity index (χ0n) is 24.0. The highest BCUT2D eigenvalue weighted by molar-refractivity contribution is 7.92. The van der Waals surface area contributed by atoms with Crippen molar-refractivity contribution in [1.29, 1.82) is 0 Å². The van der Waals surface area contributed by atoms with E-state index in [1.807, 2.05) is 19.9 Å². The molecule has 214 valence electrons. The molecule has 0 aliphatic rings. The van der Waals surface area contributed by atoms with E-state index >= 15 is 0 Å². The Morgan fingerprint density at radius 1 is 0.927 bits per heavy atom. The van der Waals surface area contributed by atoms with E-state index < -0.39 is 22.5 Å². The van der Waals surface area contributed by atoms with Crippen molar-refractivity contribution in [2.75, 3.05) is 25.1 Å². The van der Waals surface area contributed by atoms with Crippen molar-refractivity contribution in [1.82, 2.24) is 9.99 Å². The number of methoxy groups -OCH3 is 2. The van der Waals surface area contributed by atoms with Gasteiger partial charge in [0.15, 0.2) is 0 Å². The fraction of sp³-hybridized carbons (Fsp3) is 0.226. The van der Waals surface area contributed by atoms with Gasteiger partial charge in [0.25, 0.3) is 15.9 Å². The molecule has 0 saturated heterocycles. The summed E-state index contributed by atoms with van der Waals surface area (Å²) in [4.78, 5) is 13.1. The van der Waals surface area contributed by atoms with Gasteiger partial charge in [0.05, 0.1) is 31.0 Å². The molecular formula is C31H34N4O5S. The van der Waals surface area contributed by atoms with Crippen LogP contribution in [-0.2, 0) is 14.8 Å². The van der Waals surface area contributed by atoms with E-state index in [4.69, 9.17) is 9.47 Å². The van der Waals surface area contributed by atoms with Crippen LogP contribution in [0.5, 0.6) is 11.5 Å². The highest BCUT2D eigenvalue weighted by Crippen LogP contribution is 2.35. The summed E-state index contributed by atoms with van der Waals surface area (Å²) in [7, 11) is -1.21. The molecule has 0 aliphatic carbocycles. The van der Waals surface area contributed by atoms with Crippen LogP contribution in [0.25, 0.3) is 5.69 Å². The van der Waals surface area contributed by atoms with Gasteiger partial charge in [0.2, 0.25) is 0 Å². The number of carbonyl (C=O) groups is 1. The molecule has 41 heavy (non-hydrogen) atoms. The largest absolute Gasteiger partial charge is 0.497 e. The Balaban J connectivity index is 1.60. The fourth-order valence-corrected chi connectivity index (χ4v) is 6.20. The first-order chi connectivity index (χ1) is 19.5. The Kier molecular flexibility index (Phi) is 8.83. The fourth-order valence-electron chi connectivity index (χ4n) is 4.75. The number of amides is 1. The third kappa shape index (κ3) is 6.44. The van der Waals surface area contributed by atoms with Crippen molar-refractivity contribution in [3.63, 3.8) is 0 Å². The predicted octanol–water partition coefficient (Wildman–Crippen LogP) is 5.07. The van der Waals surface area contributed by atoms with Gasteiger partial charge in [0, 0.05) is 28.7 Å². The third-order valence-electron chi connectivity index (χ3n) is 6.60. The van der Waals surface area contributed by atoms with Crippen molar-refractivity contribution in [3.05, 3.63) is 101 Å². The smallest absolute Gasteiger partial charge is 0.264 e. The quantitative estimate of drug-likeness (QED) is 0.210. The minimum Gasteiger partial charge on any atom is -0.497 e. The number of aromatic nitrogens is 1. The second kappa shape index (κ2) is 12.3. The van der Waals surface area contributed by atoms with Crippen LogP contribution in [0, 0.1) is 27.7 Å². The molecule has 3 aromatic carbocycles. The number of carbonyl (C=O) groups excluding carboxylic acids is 1. The summed E-state index contributed by atoms with van der Waals surface area (Å²) >= 11 is 0. The minimum absolute atomic E-state index is 0.0352. The van der Waals surface area contributed by atoms with E-state index in [0.717, 1.165) is 26.9 Å². The Labute approximate surface area is 241 Å². The Morgan fingerprint density at radius 3 is 2.24 bits per heavy atom. The van der Waals surface area contributed by atoms with E-state index in [1.54, 1.807) is 36.5 Å². The maximum absolute atomic E-state index is 13.7. The standard InChI is InChI=1S/C31H34N4O5S/c1-21-14-22(2)16-26(15-21)35-23(3)17-25(24(35)4)19-32-33-31(36)20-34(41(37,38)28-10-8-7-9-11-28)29-13-12-27(39-5)18-30(29)40-6/h7-19H,20H2,1-6H3,(H,33,36)/b32-19+. The molecule has 1 amide bonds. The number of benzene rings is 3. The highest BCUT2D eigenvalue weighted by Gasteiger charge is 2.29. The number of ether oxygens (including phenoxy) is 2. The monoisotopic (exact) mass is 574 g/mol. The number of hydrogen-bond acceptors (Lipinski definition) is 6. The number of sulfonamides is 1. The summed E-state index contributed by atoms with van der Waals surface area (Å²) in [6.45, 7) is 7.59. The molecule has 4 rings (SSSR count). The molecule has 0 aliphatic heterocycles. The number of nitrogens with zero attached hydrogens (tertiary/aromatic N) is 3. The SMILES string of the molecule is COc1ccc(N(CC(=O)N/N=C/c2cc(C)n(-c3cc(C)cc(C)c3)c2C)S(=O)(=O)c2ccccc2)c(OC)c1. The van der Waals surface area contributed by atoms with Gasteiger partial charge in [-0.05, 0) is 81.3 Å². The molecule has 10 heteroatoms. The molecule has 0 bridgehead atoms. The van der Waals surface area contributed by atoms with Crippen LogP contribution in [0.3, 0.4) is 0 Å². The molecule has 0 spiro atoms. The maximum atomic E-state index is 13.7. The molecule has 0 saturated carbocycles. The van der Waals surface area contributed by atoms with E-state index in [1.165, 1.54) is 43.5 Å². The lowest BCUT2D eigenvalue weighted by molar-refractivity contribution is -0.119. The molecule has 9 nitrogen and oxygen atoms in total. The van der Waals surface area contributed by atoms with Gasteiger partial charge in [-0.3, -0.25) is 9.10 Å².